The molecule has 1 rings (SSSR count). The van der Waals surface area contributed by atoms with Crippen molar-refractivity contribution in [1.29, 1.82) is 0 Å². The SMILES string of the molecule is Br.Cc1c(N)cccc1CBr. The Hall–Kier alpha value is -0.0200. The van der Waals surface area contributed by atoms with Crippen LogP contribution < -0.4 is 5.73 Å². The van der Waals surface area contributed by atoms with Crippen LogP contribution in [-0.2, 0) is 5.33 Å². The molecule has 0 aliphatic rings. The Morgan fingerprint density at radius 1 is 1.45 bits per heavy atom. The Morgan fingerprint density at radius 2 is 2.09 bits per heavy atom. The molecule has 0 unspecified atom stereocenters. The summed E-state index contributed by atoms with van der Waals surface area (Å²) in [6.45, 7) is 2.03. The van der Waals surface area contributed by atoms with Crippen LogP contribution in [0.15, 0.2) is 18.2 Å². The summed E-state index contributed by atoms with van der Waals surface area (Å²) in [6.07, 6.45) is 0. The molecule has 0 heterocycles. The summed E-state index contributed by atoms with van der Waals surface area (Å²) in [7, 11) is 0. The molecule has 1 nitrogen and oxygen atoms in total. The zero-order valence-electron chi connectivity index (χ0n) is 6.30. The number of nitrogen functional groups attached to an aromatic ring is 1. The van der Waals surface area contributed by atoms with Crippen molar-refractivity contribution in [1.82, 2.24) is 0 Å². The van der Waals surface area contributed by atoms with E-state index in [0.717, 1.165) is 11.0 Å². The lowest BCUT2D eigenvalue weighted by molar-refractivity contribution is 1.32. The Kier molecular flexibility index (Phi) is 4.77. The maximum Gasteiger partial charge on any atom is 0.0346 e. The molecule has 0 radical (unpaired) electrons. The van der Waals surface area contributed by atoms with Crippen LogP contribution in [0.5, 0.6) is 0 Å². The fourth-order valence-electron chi connectivity index (χ4n) is 0.848. The van der Waals surface area contributed by atoms with Gasteiger partial charge in [0.1, 0.15) is 0 Å². The van der Waals surface area contributed by atoms with Crippen LogP contribution in [-0.4, -0.2) is 0 Å². The second kappa shape index (κ2) is 4.78. The van der Waals surface area contributed by atoms with E-state index in [1.54, 1.807) is 0 Å². The monoisotopic (exact) mass is 279 g/mol. The number of nitrogens with two attached hydrogens (primary N) is 1. The number of rotatable bonds is 1. The van der Waals surface area contributed by atoms with E-state index < -0.39 is 0 Å². The molecule has 0 saturated carbocycles. The molecule has 1 aromatic carbocycles. The van der Waals surface area contributed by atoms with Gasteiger partial charge in [-0.15, -0.1) is 17.0 Å². The zero-order valence-corrected chi connectivity index (χ0v) is 9.60. The number of benzene rings is 1. The topological polar surface area (TPSA) is 26.0 Å². The van der Waals surface area contributed by atoms with Crippen LogP contribution in [0.25, 0.3) is 0 Å². The van der Waals surface area contributed by atoms with Crippen molar-refractivity contribution in [3.63, 3.8) is 0 Å². The molecule has 11 heavy (non-hydrogen) atoms. The molecule has 0 atom stereocenters. The lowest BCUT2D eigenvalue weighted by Crippen LogP contribution is -1.92. The molecule has 2 N–H and O–H groups in total. The quantitative estimate of drug-likeness (QED) is 0.621. The first kappa shape index (κ1) is 11.0. The molecular weight excluding hydrogens is 270 g/mol. The first-order chi connectivity index (χ1) is 4.75. The smallest absolute Gasteiger partial charge is 0.0346 e. The Bertz CT molecular complexity index is 236. The lowest BCUT2D eigenvalue weighted by atomic mass is 10.1. The molecule has 62 valence electrons. The van der Waals surface area contributed by atoms with Gasteiger partial charge in [-0.05, 0) is 24.1 Å². The van der Waals surface area contributed by atoms with Gasteiger partial charge >= 0.3 is 0 Å². The number of halogens is 2. The van der Waals surface area contributed by atoms with Crippen molar-refractivity contribution < 1.29 is 0 Å². The normalized spacial score (nSPS) is 8.91. The molecular formula is C8H11Br2N. The highest BCUT2D eigenvalue weighted by Gasteiger charge is 1.97. The third-order valence-electron chi connectivity index (χ3n) is 1.63. The maximum atomic E-state index is 5.68. The Balaban J connectivity index is 0.000001000. The van der Waals surface area contributed by atoms with Gasteiger partial charge in [0.15, 0.2) is 0 Å². The number of hydrogen-bond donors (Lipinski definition) is 1. The van der Waals surface area contributed by atoms with Crippen LogP contribution in [0.4, 0.5) is 5.69 Å². The largest absolute Gasteiger partial charge is 0.399 e. The van der Waals surface area contributed by atoms with Gasteiger partial charge in [0.05, 0.1) is 0 Å². The second-order valence-electron chi connectivity index (χ2n) is 2.26. The lowest BCUT2D eigenvalue weighted by Gasteiger charge is -2.03. The summed E-state index contributed by atoms with van der Waals surface area (Å²) in [5.74, 6) is 0. The zero-order chi connectivity index (χ0) is 7.56. The predicted molar refractivity (Wildman–Crippen MR) is 58.5 cm³/mol. The molecule has 0 bridgehead atoms. The van der Waals surface area contributed by atoms with Crippen molar-refractivity contribution in [3.05, 3.63) is 29.3 Å². The summed E-state index contributed by atoms with van der Waals surface area (Å²) in [5, 5.41) is 0.879. The molecule has 3 heteroatoms. The summed E-state index contributed by atoms with van der Waals surface area (Å²) in [6, 6.07) is 5.96. The summed E-state index contributed by atoms with van der Waals surface area (Å²) in [5.41, 5.74) is 8.99. The van der Waals surface area contributed by atoms with E-state index in [1.807, 2.05) is 19.1 Å². The van der Waals surface area contributed by atoms with Crippen LogP contribution in [0.3, 0.4) is 0 Å². The summed E-state index contributed by atoms with van der Waals surface area (Å²) >= 11 is 3.39. The van der Waals surface area contributed by atoms with Crippen molar-refractivity contribution in [3.8, 4) is 0 Å². The summed E-state index contributed by atoms with van der Waals surface area (Å²) in [4.78, 5) is 0. The average molecular weight is 281 g/mol. The van der Waals surface area contributed by atoms with Crippen LogP contribution >= 0.6 is 32.9 Å². The van der Waals surface area contributed by atoms with Crippen molar-refractivity contribution >= 4 is 38.6 Å². The molecule has 0 aromatic heterocycles. The number of alkyl halides is 1. The van der Waals surface area contributed by atoms with Crippen molar-refractivity contribution in [2.45, 2.75) is 12.3 Å². The number of anilines is 1. The van der Waals surface area contributed by atoms with Gasteiger partial charge in [0, 0.05) is 11.0 Å². The third-order valence-corrected chi connectivity index (χ3v) is 2.24. The molecule has 0 spiro atoms. The van der Waals surface area contributed by atoms with E-state index >= 15 is 0 Å². The van der Waals surface area contributed by atoms with Gasteiger partial charge in [-0.25, -0.2) is 0 Å². The van der Waals surface area contributed by atoms with Crippen LogP contribution in [0, 0.1) is 6.92 Å². The third kappa shape index (κ3) is 2.49. The van der Waals surface area contributed by atoms with Gasteiger partial charge in [0.25, 0.3) is 0 Å². The van der Waals surface area contributed by atoms with Gasteiger partial charge < -0.3 is 5.73 Å². The molecule has 0 fully saturated rings. The second-order valence-corrected chi connectivity index (χ2v) is 2.83. The molecule has 0 amide bonds. The maximum absolute atomic E-state index is 5.68. The first-order valence-electron chi connectivity index (χ1n) is 3.15. The average Bonchev–Trinajstić information content (AvgIpc) is 1.95. The minimum absolute atomic E-state index is 0. The number of hydrogen-bond acceptors (Lipinski definition) is 1. The van der Waals surface area contributed by atoms with Crippen molar-refractivity contribution in [2.24, 2.45) is 0 Å². The molecule has 0 saturated heterocycles. The highest BCUT2D eigenvalue weighted by molar-refractivity contribution is 9.08. The van der Waals surface area contributed by atoms with E-state index in [1.165, 1.54) is 11.1 Å². The molecule has 0 aliphatic heterocycles. The first-order valence-corrected chi connectivity index (χ1v) is 4.27. The minimum atomic E-state index is 0. The van der Waals surface area contributed by atoms with E-state index in [-0.39, 0.29) is 17.0 Å². The van der Waals surface area contributed by atoms with Gasteiger partial charge in [0.2, 0.25) is 0 Å². The molecule has 0 aliphatic carbocycles. The standard InChI is InChI=1S/C8H10BrN.BrH/c1-6-7(5-9)3-2-4-8(6)10;/h2-4H,5,10H2,1H3;1H. The predicted octanol–water partition coefficient (Wildman–Crippen LogP) is 3.05. The fraction of sp³-hybridized carbons (Fsp3) is 0.250. The van der Waals surface area contributed by atoms with E-state index in [2.05, 4.69) is 22.0 Å². The van der Waals surface area contributed by atoms with E-state index in [9.17, 15) is 0 Å². The van der Waals surface area contributed by atoms with Crippen LogP contribution in [0.2, 0.25) is 0 Å². The Morgan fingerprint density at radius 3 is 2.55 bits per heavy atom. The van der Waals surface area contributed by atoms with Crippen LogP contribution in [0.1, 0.15) is 11.1 Å². The fourth-order valence-corrected chi connectivity index (χ4v) is 1.46. The molecule has 1 aromatic rings. The Labute approximate surface area is 85.9 Å². The van der Waals surface area contributed by atoms with E-state index in [0.29, 0.717) is 0 Å². The van der Waals surface area contributed by atoms with Gasteiger partial charge in [-0.3, -0.25) is 0 Å². The summed E-state index contributed by atoms with van der Waals surface area (Å²) < 4.78 is 0. The van der Waals surface area contributed by atoms with Gasteiger partial charge in [-0.1, -0.05) is 28.1 Å². The minimum Gasteiger partial charge on any atom is -0.399 e. The highest BCUT2D eigenvalue weighted by atomic mass is 79.9. The highest BCUT2D eigenvalue weighted by Crippen LogP contribution is 2.17. The van der Waals surface area contributed by atoms with Gasteiger partial charge in [-0.2, -0.15) is 0 Å². The van der Waals surface area contributed by atoms with Crippen molar-refractivity contribution in [2.75, 3.05) is 5.73 Å². The van der Waals surface area contributed by atoms with E-state index in [4.69, 9.17) is 5.73 Å².